The van der Waals surface area contributed by atoms with Gasteiger partial charge < -0.3 is 10.4 Å². The normalized spacial score (nSPS) is 12.0. The fourth-order valence-corrected chi connectivity index (χ4v) is 2.20. The predicted molar refractivity (Wildman–Crippen MR) is 67.2 cm³/mol. The van der Waals surface area contributed by atoms with Crippen molar-refractivity contribution in [1.29, 1.82) is 0 Å². The summed E-state index contributed by atoms with van der Waals surface area (Å²) in [4.78, 5) is 12.7. The Morgan fingerprint density at radius 3 is 2.56 bits per heavy atom. The third kappa shape index (κ3) is 1.62. The number of rotatable bonds is 2. The Bertz CT molecular complexity index is 514. The second-order valence-corrected chi connectivity index (χ2v) is 9.76. The average Bonchev–Trinajstić information content (AvgIpc) is 2.58. The summed E-state index contributed by atoms with van der Waals surface area (Å²) in [6, 6.07) is 0. The van der Waals surface area contributed by atoms with Gasteiger partial charge in [-0.1, -0.05) is 19.6 Å². The summed E-state index contributed by atoms with van der Waals surface area (Å²) in [6.45, 7) is 6.75. The van der Waals surface area contributed by atoms with Crippen molar-refractivity contribution >= 4 is 25.2 Å². The van der Waals surface area contributed by atoms with Crippen LogP contribution in [0.4, 0.5) is 5.82 Å². The number of imidazole rings is 1. The van der Waals surface area contributed by atoms with E-state index in [0.29, 0.717) is 5.65 Å². The number of hydrogen-bond acceptors (Lipinski definition) is 5. The maximum absolute atomic E-state index is 5.71. The molecule has 0 aromatic carbocycles. The van der Waals surface area contributed by atoms with Crippen molar-refractivity contribution in [2.75, 3.05) is 17.5 Å². The molecule has 86 valence electrons. The summed E-state index contributed by atoms with van der Waals surface area (Å²) in [5, 5.41) is 0. The molecule has 0 bridgehead atoms. The van der Waals surface area contributed by atoms with E-state index in [9.17, 15) is 0 Å². The summed E-state index contributed by atoms with van der Waals surface area (Å²) in [7, 11) is 0.589. The van der Waals surface area contributed by atoms with Gasteiger partial charge in [0.15, 0.2) is 17.0 Å². The number of nitrogens with two attached hydrogens (primary N) is 1. The number of anilines is 1. The molecule has 0 atom stereocenters. The zero-order valence-electron chi connectivity index (χ0n) is 9.97. The Morgan fingerprint density at radius 1 is 1.25 bits per heavy atom. The molecular weight excluding hydrogens is 220 g/mol. The minimum Gasteiger partial charge on any atom is -0.384 e. The second-order valence-electron chi connectivity index (χ2n) is 4.75. The van der Waals surface area contributed by atoms with Crippen LogP contribution in [0.1, 0.15) is 0 Å². The molecule has 16 heavy (non-hydrogen) atoms. The van der Waals surface area contributed by atoms with Crippen LogP contribution >= 0.6 is 0 Å². The third-order valence-electron chi connectivity index (χ3n) is 2.66. The monoisotopic (exact) mass is 236 g/mol. The van der Waals surface area contributed by atoms with Gasteiger partial charge in [0, 0.05) is 0 Å². The molecule has 2 N–H and O–H groups in total. The van der Waals surface area contributed by atoms with Crippen molar-refractivity contribution in [2.45, 2.75) is 19.6 Å². The molecule has 0 unspecified atom stereocenters. The van der Waals surface area contributed by atoms with Crippen LogP contribution in [-0.2, 0) is 0 Å². The van der Waals surface area contributed by atoms with Crippen LogP contribution in [0.5, 0.6) is 0 Å². The standard InChI is InChI=1S/C9H16N6Si/c1-14(16(2,3)4)8-7-9(12-5-11-8)15(10)6-13-7/h5-6H,10H2,1-4H3. The van der Waals surface area contributed by atoms with Crippen LogP contribution in [0.3, 0.4) is 0 Å². The lowest BCUT2D eigenvalue weighted by molar-refractivity contribution is 1.01. The molecule has 0 saturated heterocycles. The molecule has 0 amide bonds. The largest absolute Gasteiger partial charge is 0.384 e. The Morgan fingerprint density at radius 2 is 1.94 bits per heavy atom. The molecule has 2 rings (SSSR count). The van der Waals surface area contributed by atoms with E-state index in [1.807, 2.05) is 7.05 Å². The third-order valence-corrected chi connectivity index (χ3v) is 4.89. The minimum atomic E-state index is -1.46. The molecular formula is C9H16N6Si. The van der Waals surface area contributed by atoms with Crippen molar-refractivity contribution < 1.29 is 0 Å². The van der Waals surface area contributed by atoms with Crippen molar-refractivity contribution in [3.8, 4) is 0 Å². The summed E-state index contributed by atoms with van der Waals surface area (Å²) >= 11 is 0. The quantitative estimate of drug-likeness (QED) is 0.617. The number of fused-ring (bicyclic) bond motifs is 1. The zero-order valence-corrected chi connectivity index (χ0v) is 11.0. The first-order chi connectivity index (χ1) is 7.41. The summed E-state index contributed by atoms with van der Waals surface area (Å²) in [6.07, 6.45) is 3.08. The van der Waals surface area contributed by atoms with Crippen LogP contribution in [0, 0.1) is 0 Å². The van der Waals surface area contributed by atoms with Gasteiger partial charge in [-0.3, -0.25) is 0 Å². The van der Waals surface area contributed by atoms with Gasteiger partial charge in [-0.25, -0.2) is 19.6 Å². The second kappa shape index (κ2) is 3.44. The van der Waals surface area contributed by atoms with Gasteiger partial charge in [-0.2, -0.15) is 0 Å². The lowest BCUT2D eigenvalue weighted by Crippen LogP contribution is -2.43. The van der Waals surface area contributed by atoms with Gasteiger partial charge in [-0.05, 0) is 7.05 Å². The van der Waals surface area contributed by atoms with E-state index in [-0.39, 0.29) is 0 Å². The van der Waals surface area contributed by atoms with Crippen LogP contribution < -0.4 is 10.4 Å². The zero-order chi connectivity index (χ0) is 11.9. The number of hydrogen-bond donors (Lipinski definition) is 1. The molecule has 0 fully saturated rings. The molecule has 2 heterocycles. The maximum Gasteiger partial charge on any atom is 0.183 e. The molecule has 6 nitrogen and oxygen atoms in total. The molecule has 0 radical (unpaired) electrons. The highest BCUT2D eigenvalue weighted by Crippen LogP contribution is 2.23. The number of nitrogen functional groups attached to an aromatic ring is 1. The van der Waals surface area contributed by atoms with E-state index < -0.39 is 8.24 Å². The predicted octanol–water partition coefficient (Wildman–Crippen LogP) is 0.811. The van der Waals surface area contributed by atoms with Gasteiger partial charge in [0.1, 0.15) is 20.9 Å². The molecule has 0 aliphatic carbocycles. The van der Waals surface area contributed by atoms with Gasteiger partial charge >= 0.3 is 0 Å². The smallest absolute Gasteiger partial charge is 0.183 e. The van der Waals surface area contributed by atoms with Crippen LogP contribution in [0.25, 0.3) is 11.2 Å². The van der Waals surface area contributed by atoms with Crippen LogP contribution in [-0.4, -0.2) is 34.9 Å². The van der Waals surface area contributed by atoms with Crippen molar-refractivity contribution in [1.82, 2.24) is 19.6 Å². The highest BCUT2D eigenvalue weighted by molar-refractivity contribution is 6.79. The van der Waals surface area contributed by atoms with Crippen molar-refractivity contribution in [3.05, 3.63) is 12.7 Å². The molecule has 0 saturated carbocycles. The number of nitrogens with zero attached hydrogens (tertiary/aromatic N) is 5. The summed E-state index contributed by atoms with van der Waals surface area (Å²) in [5.41, 5.74) is 1.42. The van der Waals surface area contributed by atoms with Crippen molar-refractivity contribution in [3.63, 3.8) is 0 Å². The SMILES string of the molecule is CN(c1ncnc2c1ncn2N)[Si](C)(C)C. The van der Waals surface area contributed by atoms with E-state index in [1.54, 1.807) is 6.33 Å². The average molecular weight is 236 g/mol. The topological polar surface area (TPSA) is 72.9 Å². The molecule has 2 aromatic rings. The van der Waals surface area contributed by atoms with E-state index in [2.05, 4.69) is 39.2 Å². The van der Waals surface area contributed by atoms with Crippen LogP contribution in [0.15, 0.2) is 12.7 Å². The number of aromatic nitrogens is 4. The molecule has 0 spiro atoms. The van der Waals surface area contributed by atoms with E-state index in [4.69, 9.17) is 5.84 Å². The van der Waals surface area contributed by atoms with Crippen LogP contribution in [0.2, 0.25) is 19.6 Å². The van der Waals surface area contributed by atoms with Gasteiger partial charge in [0.05, 0.1) is 0 Å². The minimum absolute atomic E-state index is 0.662. The summed E-state index contributed by atoms with van der Waals surface area (Å²) < 4.78 is 3.61. The molecule has 7 heteroatoms. The van der Waals surface area contributed by atoms with E-state index in [1.165, 1.54) is 11.0 Å². The first kappa shape index (κ1) is 10.9. The maximum atomic E-state index is 5.71. The highest BCUT2D eigenvalue weighted by atomic mass is 28.3. The molecule has 0 aliphatic rings. The summed E-state index contributed by atoms with van der Waals surface area (Å²) in [5.74, 6) is 6.57. The lowest BCUT2D eigenvalue weighted by Gasteiger charge is -2.30. The fraction of sp³-hybridized carbons (Fsp3) is 0.444. The fourth-order valence-electron chi connectivity index (χ4n) is 1.40. The Labute approximate surface area is 95.2 Å². The van der Waals surface area contributed by atoms with E-state index in [0.717, 1.165) is 11.3 Å². The Kier molecular flexibility index (Phi) is 2.34. The molecule has 2 aromatic heterocycles. The van der Waals surface area contributed by atoms with Crippen molar-refractivity contribution in [2.24, 2.45) is 0 Å². The highest BCUT2D eigenvalue weighted by Gasteiger charge is 2.24. The van der Waals surface area contributed by atoms with E-state index >= 15 is 0 Å². The lowest BCUT2D eigenvalue weighted by atomic mass is 10.5. The first-order valence-electron chi connectivity index (χ1n) is 5.08. The van der Waals surface area contributed by atoms with Gasteiger partial charge in [0.2, 0.25) is 0 Å². The Balaban J connectivity index is 2.61. The van der Waals surface area contributed by atoms with Gasteiger partial charge in [-0.15, -0.1) is 0 Å². The van der Waals surface area contributed by atoms with Gasteiger partial charge in [0.25, 0.3) is 0 Å². The Hall–Kier alpha value is -1.63. The first-order valence-corrected chi connectivity index (χ1v) is 8.53. The molecule has 0 aliphatic heterocycles.